The smallest absolute Gasteiger partial charge is 0.335 e. The second kappa shape index (κ2) is 4.85. The Bertz CT molecular complexity index is 657. The van der Waals surface area contributed by atoms with E-state index in [4.69, 9.17) is 5.11 Å². The number of imidazole rings is 1. The Balaban J connectivity index is 2.71. The van der Waals surface area contributed by atoms with Gasteiger partial charge in [-0.15, -0.1) is 0 Å². The van der Waals surface area contributed by atoms with Crippen LogP contribution in [0.1, 0.15) is 37.0 Å². The molecule has 0 radical (unpaired) electrons. The molecule has 0 fully saturated rings. The van der Waals surface area contributed by atoms with Crippen molar-refractivity contribution in [2.45, 2.75) is 39.2 Å². The van der Waals surface area contributed by atoms with E-state index in [-0.39, 0.29) is 5.56 Å². The molecule has 0 amide bonds. The van der Waals surface area contributed by atoms with Crippen LogP contribution in [-0.4, -0.2) is 27.1 Å². The SMILES string of the molecule is CC(C)(C)c1nc2ccc(C(=O)O)cc2n1CC(F)F. The molecule has 0 saturated heterocycles. The van der Waals surface area contributed by atoms with E-state index in [1.807, 2.05) is 20.8 Å². The maximum atomic E-state index is 12.8. The van der Waals surface area contributed by atoms with Crippen molar-refractivity contribution in [1.29, 1.82) is 0 Å². The van der Waals surface area contributed by atoms with E-state index in [1.165, 1.54) is 16.7 Å². The monoisotopic (exact) mass is 282 g/mol. The Morgan fingerprint density at radius 2 is 2.05 bits per heavy atom. The Hall–Kier alpha value is -1.98. The molecular weight excluding hydrogens is 266 g/mol. The summed E-state index contributed by atoms with van der Waals surface area (Å²) in [4.78, 5) is 15.4. The molecule has 2 rings (SSSR count). The first kappa shape index (κ1) is 14.4. The highest BCUT2D eigenvalue weighted by molar-refractivity contribution is 5.92. The largest absolute Gasteiger partial charge is 0.478 e. The van der Waals surface area contributed by atoms with Crippen LogP contribution in [0.5, 0.6) is 0 Å². The lowest BCUT2D eigenvalue weighted by Gasteiger charge is -2.20. The van der Waals surface area contributed by atoms with Crippen molar-refractivity contribution in [3.05, 3.63) is 29.6 Å². The number of fused-ring (bicyclic) bond motifs is 1. The Morgan fingerprint density at radius 1 is 1.40 bits per heavy atom. The van der Waals surface area contributed by atoms with Crippen LogP contribution in [0.4, 0.5) is 8.78 Å². The van der Waals surface area contributed by atoms with Gasteiger partial charge in [-0.25, -0.2) is 18.6 Å². The highest BCUT2D eigenvalue weighted by atomic mass is 19.3. The zero-order valence-electron chi connectivity index (χ0n) is 11.5. The Morgan fingerprint density at radius 3 is 2.55 bits per heavy atom. The lowest BCUT2D eigenvalue weighted by molar-refractivity contribution is 0.0697. The van der Waals surface area contributed by atoms with Crippen molar-refractivity contribution < 1.29 is 18.7 Å². The Kier molecular flexibility index (Phi) is 3.50. The van der Waals surface area contributed by atoms with Crippen molar-refractivity contribution >= 4 is 17.0 Å². The van der Waals surface area contributed by atoms with Gasteiger partial charge in [-0.05, 0) is 18.2 Å². The fraction of sp³-hybridized carbons (Fsp3) is 0.429. The van der Waals surface area contributed by atoms with Crippen molar-refractivity contribution in [3.8, 4) is 0 Å². The van der Waals surface area contributed by atoms with Gasteiger partial charge < -0.3 is 9.67 Å². The third kappa shape index (κ3) is 2.64. The summed E-state index contributed by atoms with van der Waals surface area (Å²) < 4.78 is 27.0. The highest BCUT2D eigenvalue weighted by Gasteiger charge is 2.24. The standard InChI is InChI=1S/C14H16F2N2O2/c1-14(2,3)13-17-9-5-4-8(12(19)20)6-10(9)18(13)7-11(15)16/h4-6,11H,7H2,1-3H3,(H,19,20). The molecule has 0 aliphatic carbocycles. The lowest BCUT2D eigenvalue weighted by atomic mass is 9.95. The minimum atomic E-state index is -2.53. The molecule has 0 atom stereocenters. The first-order valence-electron chi connectivity index (χ1n) is 6.22. The van der Waals surface area contributed by atoms with Crippen LogP contribution in [0.3, 0.4) is 0 Å². The maximum Gasteiger partial charge on any atom is 0.335 e. The molecule has 0 aliphatic rings. The van der Waals surface area contributed by atoms with Gasteiger partial charge in [0.05, 0.1) is 23.1 Å². The minimum Gasteiger partial charge on any atom is -0.478 e. The second-order valence-corrected chi connectivity index (χ2v) is 5.70. The number of carboxylic acids is 1. The number of carbonyl (C=O) groups is 1. The zero-order chi connectivity index (χ0) is 15.1. The van der Waals surface area contributed by atoms with E-state index >= 15 is 0 Å². The van der Waals surface area contributed by atoms with Gasteiger partial charge in [0.2, 0.25) is 0 Å². The van der Waals surface area contributed by atoms with Gasteiger partial charge in [-0.2, -0.15) is 0 Å². The van der Waals surface area contributed by atoms with Gasteiger partial charge in [-0.3, -0.25) is 0 Å². The maximum absolute atomic E-state index is 12.8. The number of alkyl halides is 2. The molecule has 108 valence electrons. The van der Waals surface area contributed by atoms with E-state index in [0.717, 1.165) is 0 Å². The van der Waals surface area contributed by atoms with E-state index < -0.39 is 24.4 Å². The number of carboxylic acid groups (broad SMARTS) is 1. The fourth-order valence-corrected chi connectivity index (χ4v) is 2.15. The predicted octanol–water partition coefficient (Wildman–Crippen LogP) is 3.30. The zero-order valence-corrected chi connectivity index (χ0v) is 11.5. The molecule has 0 unspecified atom stereocenters. The van der Waals surface area contributed by atoms with Gasteiger partial charge in [0.15, 0.2) is 0 Å². The van der Waals surface area contributed by atoms with E-state index in [2.05, 4.69) is 4.98 Å². The molecule has 0 aliphatic heterocycles. The molecule has 2 aromatic rings. The third-order valence-electron chi connectivity index (χ3n) is 2.99. The van der Waals surface area contributed by atoms with Gasteiger partial charge in [0, 0.05) is 5.41 Å². The van der Waals surface area contributed by atoms with Crippen LogP contribution in [0.15, 0.2) is 18.2 Å². The average Bonchev–Trinajstić information content (AvgIpc) is 2.66. The summed E-state index contributed by atoms with van der Waals surface area (Å²) in [7, 11) is 0. The molecule has 1 N–H and O–H groups in total. The lowest BCUT2D eigenvalue weighted by Crippen LogP contribution is -2.21. The van der Waals surface area contributed by atoms with Crippen LogP contribution in [-0.2, 0) is 12.0 Å². The topological polar surface area (TPSA) is 55.1 Å². The van der Waals surface area contributed by atoms with Crippen LogP contribution >= 0.6 is 0 Å². The third-order valence-corrected chi connectivity index (χ3v) is 2.99. The summed E-state index contributed by atoms with van der Waals surface area (Å²) in [5.74, 6) is -0.565. The summed E-state index contributed by atoms with van der Waals surface area (Å²) in [5.41, 5.74) is 0.612. The first-order valence-corrected chi connectivity index (χ1v) is 6.22. The second-order valence-electron chi connectivity index (χ2n) is 5.70. The highest BCUT2D eigenvalue weighted by Crippen LogP contribution is 2.27. The summed E-state index contributed by atoms with van der Waals surface area (Å²) in [6.07, 6.45) is -2.53. The molecule has 1 aromatic carbocycles. The summed E-state index contributed by atoms with van der Waals surface area (Å²) in [6, 6.07) is 4.37. The molecule has 4 nitrogen and oxygen atoms in total. The molecule has 0 bridgehead atoms. The molecule has 0 saturated carbocycles. The number of benzene rings is 1. The predicted molar refractivity (Wildman–Crippen MR) is 71.4 cm³/mol. The van der Waals surface area contributed by atoms with Crippen molar-refractivity contribution in [1.82, 2.24) is 9.55 Å². The van der Waals surface area contributed by atoms with Gasteiger partial charge in [-0.1, -0.05) is 20.8 Å². The number of hydrogen-bond acceptors (Lipinski definition) is 2. The minimum absolute atomic E-state index is 0.0633. The number of rotatable bonds is 3. The van der Waals surface area contributed by atoms with Crippen LogP contribution < -0.4 is 0 Å². The van der Waals surface area contributed by atoms with Crippen LogP contribution in [0.25, 0.3) is 11.0 Å². The Labute approximate surface area is 115 Å². The molecule has 0 spiro atoms. The first-order chi connectivity index (χ1) is 9.20. The van der Waals surface area contributed by atoms with E-state index in [0.29, 0.717) is 16.9 Å². The number of hydrogen-bond donors (Lipinski definition) is 1. The molecule has 1 aromatic heterocycles. The fourth-order valence-electron chi connectivity index (χ4n) is 2.15. The van der Waals surface area contributed by atoms with Crippen LogP contribution in [0, 0.1) is 0 Å². The quantitative estimate of drug-likeness (QED) is 0.939. The summed E-state index contributed by atoms with van der Waals surface area (Å²) >= 11 is 0. The van der Waals surface area contributed by atoms with Crippen molar-refractivity contribution in [2.75, 3.05) is 0 Å². The summed E-state index contributed by atoms with van der Waals surface area (Å²) in [6.45, 7) is 5.16. The molecular formula is C14H16F2N2O2. The summed E-state index contributed by atoms with van der Waals surface area (Å²) in [5, 5.41) is 9.01. The molecule has 1 heterocycles. The number of aromatic nitrogens is 2. The van der Waals surface area contributed by atoms with E-state index in [9.17, 15) is 13.6 Å². The average molecular weight is 282 g/mol. The van der Waals surface area contributed by atoms with Gasteiger partial charge in [0.25, 0.3) is 6.43 Å². The molecule has 20 heavy (non-hydrogen) atoms. The van der Waals surface area contributed by atoms with Gasteiger partial charge in [0.1, 0.15) is 5.82 Å². The normalized spacial score (nSPS) is 12.3. The number of halogens is 2. The van der Waals surface area contributed by atoms with Crippen molar-refractivity contribution in [2.24, 2.45) is 0 Å². The van der Waals surface area contributed by atoms with Gasteiger partial charge >= 0.3 is 5.97 Å². The van der Waals surface area contributed by atoms with E-state index in [1.54, 1.807) is 6.07 Å². The van der Waals surface area contributed by atoms with Crippen LogP contribution in [0.2, 0.25) is 0 Å². The molecule has 6 heteroatoms. The number of aromatic carboxylic acids is 1. The number of nitrogens with zero attached hydrogens (tertiary/aromatic N) is 2. The van der Waals surface area contributed by atoms with Crippen molar-refractivity contribution in [3.63, 3.8) is 0 Å².